The molecule has 3 N–H and O–H groups in total. The summed E-state index contributed by atoms with van der Waals surface area (Å²) in [4.78, 5) is 4.76. The average molecular weight is 388 g/mol. The van der Waals surface area contributed by atoms with Gasteiger partial charge in [-0.1, -0.05) is 24.3 Å². The van der Waals surface area contributed by atoms with Gasteiger partial charge in [-0.15, -0.1) is 0 Å². The predicted octanol–water partition coefficient (Wildman–Crippen LogP) is 2.73. The maximum absolute atomic E-state index is 14.0. The molecule has 3 aromatic rings. The van der Waals surface area contributed by atoms with E-state index in [0.717, 1.165) is 16.6 Å². The summed E-state index contributed by atoms with van der Waals surface area (Å²) in [7, 11) is -2.18. The largest absolute Gasteiger partial charge is 0.327 e. The molecule has 3 rings (SSSR count). The second kappa shape index (κ2) is 7.59. The van der Waals surface area contributed by atoms with E-state index < -0.39 is 10.0 Å². The predicted molar refractivity (Wildman–Crippen MR) is 104 cm³/mol. The highest BCUT2D eigenvalue weighted by molar-refractivity contribution is 7.89. The van der Waals surface area contributed by atoms with Gasteiger partial charge in [-0.3, -0.25) is 0 Å². The Kier molecular flexibility index (Phi) is 5.41. The highest BCUT2D eigenvalue weighted by atomic mass is 32.2. The Bertz CT molecular complexity index is 1120. The Hall–Kier alpha value is -2.55. The first-order chi connectivity index (χ1) is 12.9. The monoisotopic (exact) mass is 388 g/mol. The maximum atomic E-state index is 14.0. The molecular weight excluding hydrogens is 367 g/mol. The molecule has 0 aliphatic carbocycles. The number of allylic oxidation sites excluding steroid dienone is 1. The van der Waals surface area contributed by atoms with Crippen molar-refractivity contribution >= 4 is 21.1 Å². The minimum Gasteiger partial charge on any atom is -0.327 e. The zero-order chi connectivity index (χ0) is 19.6. The molecule has 6 nitrogen and oxygen atoms in total. The van der Waals surface area contributed by atoms with Crippen LogP contribution in [0.15, 0.2) is 59.3 Å². The molecule has 0 bridgehead atoms. The van der Waals surface area contributed by atoms with Crippen molar-refractivity contribution in [2.24, 2.45) is 5.73 Å². The lowest BCUT2D eigenvalue weighted by Crippen LogP contribution is -2.18. The van der Waals surface area contributed by atoms with E-state index in [2.05, 4.69) is 9.71 Å². The fourth-order valence-corrected chi connectivity index (χ4v) is 3.76. The molecule has 0 atom stereocenters. The van der Waals surface area contributed by atoms with E-state index in [1.807, 2.05) is 24.3 Å². The van der Waals surface area contributed by atoms with Crippen LogP contribution in [0.3, 0.4) is 0 Å². The Morgan fingerprint density at radius 3 is 2.74 bits per heavy atom. The fraction of sp³-hybridized carbons (Fsp3) is 0.211. The van der Waals surface area contributed by atoms with Crippen LogP contribution in [0.4, 0.5) is 4.39 Å². The molecule has 0 saturated heterocycles. The molecule has 2 aromatic carbocycles. The number of benzene rings is 2. The molecule has 0 radical (unpaired) electrons. The molecule has 27 heavy (non-hydrogen) atoms. The zero-order valence-electron chi connectivity index (χ0n) is 15.1. The molecule has 1 aromatic heterocycles. The number of fused-ring (bicyclic) bond motifs is 1. The number of para-hydroxylation sites is 1. The van der Waals surface area contributed by atoms with E-state index in [0.29, 0.717) is 11.3 Å². The number of nitrogens with two attached hydrogens (primary N) is 1. The van der Waals surface area contributed by atoms with Crippen molar-refractivity contribution in [3.05, 3.63) is 60.2 Å². The van der Waals surface area contributed by atoms with E-state index >= 15 is 0 Å². The lowest BCUT2D eigenvalue weighted by molar-refractivity contribution is 0.553. The van der Waals surface area contributed by atoms with Gasteiger partial charge in [0.2, 0.25) is 10.0 Å². The number of imidazole rings is 1. The summed E-state index contributed by atoms with van der Waals surface area (Å²) in [5, 5.41) is 0. The Morgan fingerprint density at radius 2 is 2.04 bits per heavy atom. The summed E-state index contributed by atoms with van der Waals surface area (Å²) >= 11 is 0. The highest BCUT2D eigenvalue weighted by Crippen LogP contribution is 2.30. The number of rotatable bonds is 6. The van der Waals surface area contributed by atoms with Gasteiger partial charge in [0.05, 0.1) is 22.5 Å². The molecule has 0 fully saturated rings. The van der Waals surface area contributed by atoms with Crippen molar-refractivity contribution in [3.63, 3.8) is 0 Å². The van der Waals surface area contributed by atoms with Crippen molar-refractivity contribution in [2.75, 3.05) is 13.6 Å². The summed E-state index contributed by atoms with van der Waals surface area (Å²) in [5.74, 6) is 0.337. The fourth-order valence-electron chi connectivity index (χ4n) is 2.99. The van der Waals surface area contributed by atoms with Crippen LogP contribution in [0.25, 0.3) is 22.2 Å². The third-order valence-electron chi connectivity index (χ3n) is 4.34. The summed E-state index contributed by atoms with van der Waals surface area (Å²) in [5.41, 5.74) is 8.34. The van der Waals surface area contributed by atoms with Crippen molar-refractivity contribution in [3.8, 4) is 11.1 Å². The molecule has 8 heteroatoms. The molecule has 0 saturated carbocycles. The smallest absolute Gasteiger partial charge is 0.240 e. The van der Waals surface area contributed by atoms with Crippen LogP contribution in [-0.4, -0.2) is 31.6 Å². The number of hydrogen-bond acceptors (Lipinski definition) is 4. The SMILES string of the molecule is CNS(=O)(=O)c1cccc(-c2cccc3c2nc(C)n3C/C(F)=C/CN)c1. The summed E-state index contributed by atoms with van der Waals surface area (Å²) in [6.07, 6.45) is 1.33. The number of aryl methyl sites for hydroxylation is 1. The van der Waals surface area contributed by atoms with Gasteiger partial charge < -0.3 is 10.3 Å². The first kappa shape index (κ1) is 19.2. The minimum atomic E-state index is -3.55. The van der Waals surface area contributed by atoms with Crippen LogP contribution in [0.5, 0.6) is 0 Å². The third-order valence-corrected chi connectivity index (χ3v) is 5.75. The summed E-state index contributed by atoms with van der Waals surface area (Å²) < 4.78 is 42.3. The lowest BCUT2D eigenvalue weighted by atomic mass is 10.0. The number of hydrogen-bond donors (Lipinski definition) is 2. The lowest BCUT2D eigenvalue weighted by Gasteiger charge is -2.08. The molecule has 0 unspecified atom stereocenters. The second-order valence-corrected chi connectivity index (χ2v) is 7.93. The van der Waals surface area contributed by atoms with Gasteiger partial charge >= 0.3 is 0 Å². The molecule has 0 aliphatic rings. The van der Waals surface area contributed by atoms with E-state index in [4.69, 9.17) is 5.73 Å². The molecule has 142 valence electrons. The molecule has 1 heterocycles. The van der Waals surface area contributed by atoms with Gasteiger partial charge in [0, 0.05) is 12.1 Å². The van der Waals surface area contributed by atoms with Gasteiger partial charge in [0.1, 0.15) is 11.7 Å². The number of sulfonamides is 1. The first-order valence-corrected chi connectivity index (χ1v) is 9.90. The Balaban J connectivity index is 2.15. The standard InChI is InChI=1S/C19H21FN4O2S/c1-13-23-19-17(14-5-3-6-16(11-14)27(25,26)22-2)7-4-8-18(19)24(13)12-15(20)9-10-21/h3-9,11,22H,10,12,21H2,1-2H3/b15-9-. The van der Waals surface area contributed by atoms with Gasteiger partial charge in [0.15, 0.2) is 0 Å². The van der Waals surface area contributed by atoms with Gasteiger partial charge in [-0.05, 0) is 43.8 Å². The van der Waals surface area contributed by atoms with Gasteiger partial charge in [0.25, 0.3) is 0 Å². The number of halogens is 1. The third kappa shape index (κ3) is 3.78. The topological polar surface area (TPSA) is 90.0 Å². The molecule has 0 amide bonds. The van der Waals surface area contributed by atoms with Gasteiger partial charge in [-0.2, -0.15) is 0 Å². The minimum absolute atomic E-state index is 0.0527. The van der Waals surface area contributed by atoms with Crippen LogP contribution >= 0.6 is 0 Å². The Morgan fingerprint density at radius 1 is 1.30 bits per heavy atom. The zero-order valence-corrected chi connectivity index (χ0v) is 15.9. The maximum Gasteiger partial charge on any atom is 0.240 e. The second-order valence-electron chi connectivity index (χ2n) is 6.04. The van der Waals surface area contributed by atoms with E-state index in [-0.39, 0.29) is 23.8 Å². The van der Waals surface area contributed by atoms with Crippen molar-refractivity contribution < 1.29 is 12.8 Å². The number of nitrogens with one attached hydrogen (secondary N) is 1. The summed E-state index contributed by atoms with van der Waals surface area (Å²) in [6, 6.07) is 12.2. The van der Waals surface area contributed by atoms with E-state index in [1.165, 1.54) is 19.2 Å². The van der Waals surface area contributed by atoms with Crippen LogP contribution in [-0.2, 0) is 16.6 Å². The van der Waals surface area contributed by atoms with Crippen molar-refractivity contribution in [1.29, 1.82) is 0 Å². The number of aromatic nitrogens is 2. The average Bonchev–Trinajstić information content (AvgIpc) is 2.97. The van der Waals surface area contributed by atoms with Crippen molar-refractivity contribution in [2.45, 2.75) is 18.4 Å². The van der Waals surface area contributed by atoms with E-state index in [9.17, 15) is 12.8 Å². The molecule has 0 spiro atoms. The highest BCUT2D eigenvalue weighted by Gasteiger charge is 2.16. The summed E-state index contributed by atoms with van der Waals surface area (Å²) in [6.45, 7) is 1.99. The van der Waals surface area contributed by atoms with Crippen LogP contribution < -0.4 is 10.5 Å². The normalized spacial score (nSPS) is 12.7. The van der Waals surface area contributed by atoms with Crippen molar-refractivity contribution in [1.82, 2.24) is 14.3 Å². The molecule has 0 aliphatic heterocycles. The van der Waals surface area contributed by atoms with Crippen LogP contribution in [0.1, 0.15) is 5.82 Å². The van der Waals surface area contributed by atoms with Crippen LogP contribution in [0, 0.1) is 6.92 Å². The van der Waals surface area contributed by atoms with Crippen LogP contribution in [0.2, 0.25) is 0 Å². The molecular formula is C19H21FN4O2S. The first-order valence-electron chi connectivity index (χ1n) is 8.42. The van der Waals surface area contributed by atoms with E-state index in [1.54, 1.807) is 23.6 Å². The number of nitrogens with zero attached hydrogens (tertiary/aromatic N) is 2. The quantitative estimate of drug-likeness (QED) is 0.679. The van der Waals surface area contributed by atoms with Gasteiger partial charge in [-0.25, -0.2) is 22.5 Å². The Labute approximate surface area is 157 Å².